The van der Waals surface area contributed by atoms with E-state index in [4.69, 9.17) is 0 Å². The van der Waals surface area contributed by atoms with Gasteiger partial charge in [0.1, 0.15) is 0 Å². The van der Waals surface area contributed by atoms with Crippen LogP contribution in [0.4, 0.5) is 0 Å². The molecule has 0 heterocycles. The van der Waals surface area contributed by atoms with Crippen LogP contribution in [0.15, 0.2) is 24.6 Å². The summed E-state index contributed by atoms with van der Waals surface area (Å²) in [5.41, 5.74) is 0. The molecule has 0 saturated carbocycles. The highest BCUT2D eigenvalue weighted by molar-refractivity contribution is 4.77. The normalized spacial score (nSPS) is 12.3. The van der Waals surface area contributed by atoms with Crippen molar-refractivity contribution in [3.63, 3.8) is 0 Å². The zero-order valence-electron chi connectivity index (χ0n) is 10.0. The fraction of sp³-hybridized carbons (Fsp3) is 0.667. The molecule has 2 heteroatoms. The SMILES string of the molecule is CC=C[N+](C=CC)(CCC)CCC.[OH-]. The summed E-state index contributed by atoms with van der Waals surface area (Å²) in [6.07, 6.45) is 11.4. The summed E-state index contributed by atoms with van der Waals surface area (Å²) >= 11 is 0. The summed E-state index contributed by atoms with van der Waals surface area (Å²) in [5.74, 6) is 0. The zero-order chi connectivity index (χ0) is 10.2. The van der Waals surface area contributed by atoms with E-state index in [9.17, 15) is 0 Å². The lowest BCUT2D eigenvalue weighted by Gasteiger charge is -2.30. The van der Waals surface area contributed by atoms with E-state index in [1.165, 1.54) is 25.9 Å². The van der Waals surface area contributed by atoms with Crippen LogP contribution in [0.3, 0.4) is 0 Å². The van der Waals surface area contributed by atoms with Crippen molar-refractivity contribution in [3.05, 3.63) is 24.6 Å². The minimum absolute atomic E-state index is 0. The molecule has 0 aliphatic carbocycles. The zero-order valence-corrected chi connectivity index (χ0v) is 10.0. The largest absolute Gasteiger partial charge is 0.870 e. The third-order valence-electron chi connectivity index (χ3n) is 2.17. The Balaban J connectivity index is 0. The second-order valence-corrected chi connectivity index (χ2v) is 3.51. The lowest BCUT2D eigenvalue weighted by atomic mass is 10.3. The molecule has 0 aromatic heterocycles. The van der Waals surface area contributed by atoms with Crippen molar-refractivity contribution in [2.24, 2.45) is 0 Å². The van der Waals surface area contributed by atoms with Crippen LogP contribution in [-0.2, 0) is 0 Å². The molecule has 0 aromatic rings. The van der Waals surface area contributed by atoms with E-state index in [2.05, 4.69) is 52.2 Å². The van der Waals surface area contributed by atoms with Crippen LogP contribution < -0.4 is 0 Å². The van der Waals surface area contributed by atoms with Crippen molar-refractivity contribution in [1.82, 2.24) is 0 Å². The summed E-state index contributed by atoms with van der Waals surface area (Å²) in [6.45, 7) is 11.1. The Morgan fingerprint density at radius 2 is 1.21 bits per heavy atom. The first-order valence-electron chi connectivity index (χ1n) is 5.38. The summed E-state index contributed by atoms with van der Waals surface area (Å²) in [4.78, 5) is 0. The standard InChI is InChI=1S/C12H24N.H2O/c1-5-9-13(10-6-2,11-7-3)12-8-4;/h5-6,9-10H,7-8,11-12H2,1-4H3;1H2/q+1;/p-1. The molecule has 2 nitrogen and oxygen atoms in total. The predicted octanol–water partition coefficient (Wildman–Crippen LogP) is 3.51. The monoisotopic (exact) mass is 199 g/mol. The summed E-state index contributed by atoms with van der Waals surface area (Å²) in [5, 5.41) is 0. The third kappa shape index (κ3) is 5.20. The summed E-state index contributed by atoms with van der Waals surface area (Å²) < 4.78 is 1.01. The second-order valence-electron chi connectivity index (χ2n) is 3.51. The van der Waals surface area contributed by atoms with Gasteiger partial charge in [-0.15, -0.1) is 0 Å². The minimum atomic E-state index is 0. The van der Waals surface area contributed by atoms with Gasteiger partial charge in [-0.25, -0.2) is 0 Å². The van der Waals surface area contributed by atoms with Crippen LogP contribution in [-0.4, -0.2) is 23.0 Å². The topological polar surface area (TPSA) is 30.0 Å². The predicted molar refractivity (Wildman–Crippen MR) is 62.1 cm³/mol. The van der Waals surface area contributed by atoms with Crippen molar-refractivity contribution in [2.75, 3.05) is 13.1 Å². The van der Waals surface area contributed by atoms with Crippen LogP contribution in [0, 0.1) is 0 Å². The molecule has 0 amide bonds. The van der Waals surface area contributed by atoms with Crippen molar-refractivity contribution >= 4 is 0 Å². The number of hydrogen-bond acceptors (Lipinski definition) is 1. The molecule has 0 radical (unpaired) electrons. The average molecular weight is 199 g/mol. The van der Waals surface area contributed by atoms with Crippen LogP contribution in [0.1, 0.15) is 40.5 Å². The molecular formula is C12H25NO. The highest BCUT2D eigenvalue weighted by atomic mass is 16.0. The maximum absolute atomic E-state index is 2.30. The molecule has 0 aromatic carbocycles. The second kappa shape index (κ2) is 8.97. The lowest BCUT2D eigenvalue weighted by Crippen LogP contribution is -2.38. The van der Waals surface area contributed by atoms with E-state index in [-0.39, 0.29) is 5.48 Å². The Hall–Kier alpha value is -0.600. The van der Waals surface area contributed by atoms with E-state index in [1.807, 2.05) is 0 Å². The summed E-state index contributed by atoms with van der Waals surface area (Å²) in [6, 6.07) is 0. The highest BCUT2D eigenvalue weighted by Gasteiger charge is 2.18. The van der Waals surface area contributed by atoms with Gasteiger partial charge in [-0.1, -0.05) is 13.8 Å². The minimum Gasteiger partial charge on any atom is -0.870 e. The van der Waals surface area contributed by atoms with Crippen molar-refractivity contribution in [3.8, 4) is 0 Å². The maximum atomic E-state index is 2.30. The smallest absolute Gasteiger partial charge is 0.0961 e. The number of hydrogen-bond donors (Lipinski definition) is 0. The third-order valence-corrected chi connectivity index (χ3v) is 2.17. The van der Waals surface area contributed by atoms with Crippen LogP contribution in [0.25, 0.3) is 0 Å². The number of nitrogens with zero attached hydrogens (tertiary/aromatic N) is 1. The Morgan fingerprint density at radius 1 is 0.857 bits per heavy atom. The molecule has 0 fully saturated rings. The van der Waals surface area contributed by atoms with Gasteiger partial charge in [0, 0.05) is 0 Å². The number of allylic oxidation sites excluding steroid dienone is 2. The van der Waals surface area contributed by atoms with E-state index in [1.54, 1.807) is 0 Å². The molecule has 0 aliphatic heterocycles. The van der Waals surface area contributed by atoms with Gasteiger partial charge in [-0.05, 0) is 38.8 Å². The van der Waals surface area contributed by atoms with Gasteiger partial charge in [0.15, 0.2) is 0 Å². The van der Waals surface area contributed by atoms with E-state index >= 15 is 0 Å². The van der Waals surface area contributed by atoms with E-state index < -0.39 is 0 Å². The van der Waals surface area contributed by atoms with Crippen molar-refractivity contribution in [2.45, 2.75) is 40.5 Å². The Morgan fingerprint density at radius 3 is 1.43 bits per heavy atom. The maximum Gasteiger partial charge on any atom is 0.0961 e. The van der Waals surface area contributed by atoms with Crippen molar-refractivity contribution < 1.29 is 9.96 Å². The molecule has 14 heavy (non-hydrogen) atoms. The van der Waals surface area contributed by atoms with Gasteiger partial charge < -0.3 is 5.48 Å². The van der Waals surface area contributed by atoms with E-state index in [0.717, 1.165) is 4.48 Å². The Bertz CT molecular complexity index is 153. The van der Waals surface area contributed by atoms with Crippen molar-refractivity contribution in [1.29, 1.82) is 0 Å². The molecule has 0 bridgehead atoms. The summed E-state index contributed by atoms with van der Waals surface area (Å²) in [7, 11) is 0. The first-order chi connectivity index (χ1) is 6.24. The van der Waals surface area contributed by atoms with Gasteiger partial charge in [0.05, 0.1) is 25.5 Å². The molecular weight excluding hydrogens is 174 g/mol. The molecule has 0 saturated heterocycles. The first-order valence-corrected chi connectivity index (χ1v) is 5.38. The fourth-order valence-electron chi connectivity index (χ4n) is 1.89. The number of rotatable bonds is 6. The van der Waals surface area contributed by atoms with Crippen LogP contribution in [0.5, 0.6) is 0 Å². The van der Waals surface area contributed by atoms with Crippen LogP contribution in [0.2, 0.25) is 0 Å². The van der Waals surface area contributed by atoms with Gasteiger partial charge in [0.2, 0.25) is 0 Å². The fourth-order valence-corrected chi connectivity index (χ4v) is 1.89. The van der Waals surface area contributed by atoms with E-state index in [0.29, 0.717) is 0 Å². The molecule has 84 valence electrons. The molecule has 0 spiro atoms. The van der Waals surface area contributed by atoms with Crippen LogP contribution >= 0.6 is 0 Å². The van der Waals surface area contributed by atoms with Gasteiger partial charge in [-0.2, -0.15) is 0 Å². The first kappa shape index (κ1) is 15.9. The molecule has 0 unspecified atom stereocenters. The van der Waals surface area contributed by atoms with Gasteiger partial charge in [-0.3, -0.25) is 4.48 Å². The molecule has 1 N–H and O–H groups in total. The molecule has 0 atom stereocenters. The molecule has 0 aliphatic rings. The Kier molecular flexibility index (Phi) is 10.2. The van der Waals surface area contributed by atoms with Gasteiger partial charge >= 0.3 is 0 Å². The molecule has 0 rings (SSSR count). The number of quaternary nitrogens is 1. The average Bonchev–Trinajstić information content (AvgIpc) is 2.06. The lowest BCUT2D eigenvalue weighted by molar-refractivity contribution is -0.828. The van der Waals surface area contributed by atoms with Gasteiger partial charge in [0.25, 0.3) is 0 Å². The highest BCUT2D eigenvalue weighted by Crippen LogP contribution is 2.12. The Labute approximate surface area is 88.8 Å². The quantitative estimate of drug-likeness (QED) is 0.602.